The molecule has 0 aliphatic heterocycles. The molecule has 0 heterocycles. The van der Waals surface area contributed by atoms with E-state index in [1.165, 1.54) is 70.6 Å². The van der Waals surface area contributed by atoms with Crippen LogP contribution in [0.2, 0.25) is 0 Å². The van der Waals surface area contributed by atoms with E-state index in [0.717, 1.165) is 11.8 Å². The highest BCUT2D eigenvalue weighted by molar-refractivity contribution is 4.63. The van der Waals surface area contributed by atoms with E-state index in [9.17, 15) is 0 Å². The monoisotopic (exact) mass is 240 g/mol. The summed E-state index contributed by atoms with van der Waals surface area (Å²) < 4.78 is 0. The SMILES string of the molecule is CCCCCCCCCCC(CCC)C(C)C. The van der Waals surface area contributed by atoms with Gasteiger partial charge >= 0.3 is 0 Å². The Labute approximate surface area is 111 Å². The van der Waals surface area contributed by atoms with Gasteiger partial charge in [0.2, 0.25) is 0 Å². The summed E-state index contributed by atoms with van der Waals surface area (Å²) in [4.78, 5) is 0. The first kappa shape index (κ1) is 17.0. The van der Waals surface area contributed by atoms with E-state index in [0.29, 0.717) is 0 Å². The molecular weight excluding hydrogens is 204 g/mol. The van der Waals surface area contributed by atoms with E-state index in [-0.39, 0.29) is 0 Å². The van der Waals surface area contributed by atoms with Crippen molar-refractivity contribution in [1.82, 2.24) is 0 Å². The summed E-state index contributed by atoms with van der Waals surface area (Å²) in [6.07, 6.45) is 15.9. The molecule has 0 aromatic carbocycles. The predicted molar refractivity (Wildman–Crippen MR) is 80.5 cm³/mol. The van der Waals surface area contributed by atoms with E-state index < -0.39 is 0 Å². The van der Waals surface area contributed by atoms with E-state index in [4.69, 9.17) is 0 Å². The molecular formula is C17H36. The largest absolute Gasteiger partial charge is 0.0654 e. The normalized spacial score (nSPS) is 13.2. The Morgan fingerprint density at radius 3 is 1.59 bits per heavy atom. The topological polar surface area (TPSA) is 0 Å². The molecule has 0 heteroatoms. The molecule has 0 aliphatic carbocycles. The van der Waals surface area contributed by atoms with Gasteiger partial charge in [-0.25, -0.2) is 0 Å². The van der Waals surface area contributed by atoms with Crippen molar-refractivity contribution in [3.63, 3.8) is 0 Å². The Balaban J connectivity index is 3.30. The quantitative estimate of drug-likeness (QED) is 0.338. The van der Waals surface area contributed by atoms with Gasteiger partial charge in [0.15, 0.2) is 0 Å². The van der Waals surface area contributed by atoms with Crippen LogP contribution in [0.4, 0.5) is 0 Å². The van der Waals surface area contributed by atoms with Gasteiger partial charge in [-0.3, -0.25) is 0 Å². The van der Waals surface area contributed by atoms with Gasteiger partial charge in [0.25, 0.3) is 0 Å². The van der Waals surface area contributed by atoms with Crippen LogP contribution in [0.3, 0.4) is 0 Å². The molecule has 0 fully saturated rings. The summed E-state index contributed by atoms with van der Waals surface area (Å²) in [7, 11) is 0. The first-order chi connectivity index (χ1) is 8.22. The molecule has 0 aliphatic rings. The smallest absolute Gasteiger partial charge is 0.0391 e. The van der Waals surface area contributed by atoms with Crippen LogP contribution in [-0.2, 0) is 0 Å². The average molecular weight is 240 g/mol. The highest BCUT2D eigenvalue weighted by Gasteiger charge is 2.11. The number of hydrogen-bond acceptors (Lipinski definition) is 0. The van der Waals surface area contributed by atoms with E-state index in [1.54, 1.807) is 0 Å². The Kier molecular flexibility index (Phi) is 12.5. The van der Waals surface area contributed by atoms with Crippen molar-refractivity contribution in [2.24, 2.45) is 11.8 Å². The molecule has 0 nitrogen and oxygen atoms in total. The summed E-state index contributed by atoms with van der Waals surface area (Å²) in [6, 6.07) is 0. The van der Waals surface area contributed by atoms with Gasteiger partial charge in [-0.15, -0.1) is 0 Å². The molecule has 0 rings (SSSR count). The minimum absolute atomic E-state index is 0.888. The van der Waals surface area contributed by atoms with Crippen LogP contribution in [0.5, 0.6) is 0 Å². The fourth-order valence-corrected chi connectivity index (χ4v) is 2.72. The fraction of sp³-hybridized carbons (Fsp3) is 1.00. The molecule has 0 saturated heterocycles. The van der Waals surface area contributed by atoms with Crippen molar-refractivity contribution in [1.29, 1.82) is 0 Å². The summed E-state index contributed by atoms with van der Waals surface area (Å²) >= 11 is 0. The minimum atomic E-state index is 0.888. The third kappa shape index (κ3) is 10.9. The van der Waals surface area contributed by atoms with Gasteiger partial charge in [-0.1, -0.05) is 98.3 Å². The lowest BCUT2D eigenvalue weighted by molar-refractivity contribution is 0.321. The number of hydrogen-bond donors (Lipinski definition) is 0. The maximum absolute atomic E-state index is 2.39. The molecule has 0 radical (unpaired) electrons. The Morgan fingerprint density at radius 1 is 0.588 bits per heavy atom. The van der Waals surface area contributed by atoms with E-state index in [2.05, 4.69) is 27.7 Å². The van der Waals surface area contributed by atoms with Crippen molar-refractivity contribution in [2.75, 3.05) is 0 Å². The number of rotatable bonds is 12. The van der Waals surface area contributed by atoms with Crippen LogP contribution in [0.1, 0.15) is 98.3 Å². The second-order valence-corrected chi connectivity index (χ2v) is 6.06. The van der Waals surface area contributed by atoms with Crippen LogP contribution in [0.25, 0.3) is 0 Å². The highest BCUT2D eigenvalue weighted by Crippen LogP contribution is 2.23. The van der Waals surface area contributed by atoms with Gasteiger partial charge in [-0.2, -0.15) is 0 Å². The van der Waals surface area contributed by atoms with E-state index in [1.807, 2.05) is 0 Å². The van der Waals surface area contributed by atoms with Gasteiger partial charge in [-0.05, 0) is 11.8 Å². The molecule has 0 aromatic heterocycles. The zero-order chi connectivity index (χ0) is 12.9. The van der Waals surface area contributed by atoms with Crippen molar-refractivity contribution in [3.05, 3.63) is 0 Å². The first-order valence-electron chi connectivity index (χ1n) is 8.22. The Morgan fingerprint density at radius 2 is 1.12 bits per heavy atom. The average Bonchev–Trinajstić information content (AvgIpc) is 2.31. The molecule has 0 N–H and O–H groups in total. The molecule has 1 unspecified atom stereocenters. The van der Waals surface area contributed by atoms with Crippen molar-refractivity contribution < 1.29 is 0 Å². The molecule has 104 valence electrons. The van der Waals surface area contributed by atoms with Crippen LogP contribution < -0.4 is 0 Å². The van der Waals surface area contributed by atoms with Crippen LogP contribution in [0.15, 0.2) is 0 Å². The summed E-state index contributed by atoms with van der Waals surface area (Å²) in [5.74, 6) is 1.87. The third-order valence-corrected chi connectivity index (χ3v) is 4.03. The zero-order valence-corrected chi connectivity index (χ0v) is 12.9. The lowest BCUT2D eigenvalue weighted by Gasteiger charge is -2.19. The van der Waals surface area contributed by atoms with Crippen molar-refractivity contribution in [2.45, 2.75) is 98.3 Å². The maximum Gasteiger partial charge on any atom is -0.0391 e. The maximum atomic E-state index is 2.39. The highest BCUT2D eigenvalue weighted by atomic mass is 14.2. The minimum Gasteiger partial charge on any atom is -0.0654 e. The van der Waals surface area contributed by atoms with Gasteiger partial charge in [0, 0.05) is 0 Å². The van der Waals surface area contributed by atoms with Crippen LogP contribution >= 0.6 is 0 Å². The number of unbranched alkanes of at least 4 members (excludes halogenated alkanes) is 7. The summed E-state index contributed by atoms with van der Waals surface area (Å²) in [6.45, 7) is 9.40. The molecule has 0 bridgehead atoms. The van der Waals surface area contributed by atoms with Crippen molar-refractivity contribution >= 4 is 0 Å². The summed E-state index contributed by atoms with van der Waals surface area (Å²) in [5.41, 5.74) is 0. The molecule has 0 amide bonds. The molecule has 1 atom stereocenters. The van der Waals surface area contributed by atoms with Crippen LogP contribution in [-0.4, -0.2) is 0 Å². The molecule has 0 aromatic rings. The first-order valence-corrected chi connectivity index (χ1v) is 8.22. The standard InChI is InChI=1S/C17H36/c1-5-7-8-9-10-11-12-13-15-17(14-6-2)16(3)4/h16-17H,5-15H2,1-4H3. The summed E-state index contributed by atoms with van der Waals surface area (Å²) in [5, 5.41) is 0. The van der Waals surface area contributed by atoms with E-state index >= 15 is 0 Å². The molecule has 0 spiro atoms. The van der Waals surface area contributed by atoms with Gasteiger partial charge < -0.3 is 0 Å². The van der Waals surface area contributed by atoms with Crippen molar-refractivity contribution in [3.8, 4) is 0 Å². The van der Waals surface area contributed by atoms with Gasteiger partial charge in [0.1, 0.15) is 0 Å². The van der Waals surface area contributed by atoms with Crippen LogP contribution in [0, 0.1) is 11.8 Å². The Hall–Kier alpha value is 0. The van der Waals surface area contributed by atoms with Gasteiger partial charge in [0.05, 0.1) is 0 Å². The Bertz CT molecular complexity index is 137. The lowest BCUT2D eigenvalue weighted by atomic mass is 9.86. The third-order valence-electron chi connectivity index (χ3n) is 4.03. The lowest BCUT2D eigenvalue weighted by Crippen LogP contribution is -2.08. The zero-order valence-electron chi connectivity index (χ0n) is 12.9. The second kappa shape index (κ2) is 12.5. The predicted octanol–water partition coefficient (Wildman–Crippen LogP) is 6.59. The second-order valence-electron chi connectivity index (χ2n) is 6.06. The molecule has 17 heavy (non-hydrogen) atoms. The molecule has 0 saturated carbocycles. The fourth-order valence-electron chi connectivity index (χ4n) is 2.72.